The minimum atomic E-state index is -5.08. The average molecular weight is 763 g/mol. The van der Waals surface area contributed by atoms with Crippen LogP contribution in [0.3, 0.4) is 0 Å². The van der Waals surface area contributed by atoms with E-state index >= 15 is 0 Å². The molecule has 1 aliphatic rings. The molecule has 1 unspecified atom stereocenters. The Bertz CT molecular complexity index is 1580. The number of nitrogens with zero attached hydrogens (tertiary/aromatic N) is 1. The van der Waals surface area contributed by atoms with E-state index in [1.165, 1.54) is 0 Å². The quantitative estimate of drug-likeness (QED) is 0.0383. The maximum Gasteiger partial charge on any atom is 0.490 e. The molecule has 0 bridgehead atoms. The lowest BCUT2D eigenvalue weighted by atomic mass is 9.83. The maximum atomic E-state index is 14.0. The van der Waals surface area contributed by atoms with Crippen LogP contribution in [0.4, 0.5) is 13.2 Å². The largest absolute Gasteiger partial charge is 0.490 e. The van der Waals surface area contributed by atoms with Gasteiger partial charge in [0.1, 0.15) is 23.8 Å². The summed E-state index contributed by atoms with van der Waals surface area (Å²) < 4.78 is 36.9. The average Bonchev–Trinajstić information content (AvgIpc) is 3.13. The molecule has 0 saturated heterocycles. The number of hydrogen-bond acceptors (Lipinski definition) is 8. The zero-order chi connectivity index (χ0) is 40.3. The van der Waals surface area contributed by atoms with Crippen LogP contribution in [-0.4, -0.2) is 78.0 Å². The molecule has 0 aliphatic heterocycles. The number of guanidine groups is 1. The van der Waals surface area contributed by atoms with Gasteiger partial charge in [0.15, 0.2) is 5.96 Å². The van der Waals surface area contributed by atoms with Gasteiger partial charge in [0, 0.05) is 18.7 Å². The van der Waals surface area contributed by atoms with Gasteiger partial charge >= 0.3 is 18.1 Å². The Labute approximate surface area is 311 Å². The number of carbonyl (C=O) groups excluding carboxylic acids is 4. The molecular weight excluding hydrogens is 713 g/mol. The molecule has 18 heteroatoms. The van der Waals surface area contributed by atoms with E-state index < -0.39 is 53.8 Å². The van der Waals surface area contributed by atoms with Crippen molar-refractivity contribution in [3.8, 4) is 0 Å². The molecule has 1 saturated carbocycles. The fourth-order valence-corrected chi connectivity index (χ4v) is 5.64. The molecule has 0 aromatic heterocycles. The van der Waals surface area contributed by atoms with Gasteiger partial charge in [-0.05, 0) is 56.1 Å². The molecule has 0 spiro atoms. The number of hydrogen-bond donors (Lipinski definition) is 8. The number of ether oxygens (including phenoxy) is 1. The van der Waals surface area contributed by atoms with Crippen molar-refractivity contribution in [3.63, 3.8) is 0 Å². The zero-order valence-electron chi connectivity index (χ0n) is 30.0. The summed E-state index contributed by atoms with van der Waals surface area (Å²) in [4.78, 5) is 67.1. The molecular formula is C36H49F3N8O7. The van der Waals surface area contributed by atoms with Gasteiger partial charge in [-0.3, -0.25) is 24.8 Å². The predicted molar refractivity (Wildman–Crippen MR) is 194 cm³/mol. The summed E-state index contributed by atoms with van der Waals surface area (Å²) in [6.07, 6.45) is -0.146. The minimum absolute atomic E-state index is 0.0554. The molecule has 296 valence electrons. The van der Waals surface area contributed by atoms with Crippen LogP contribution in [0.25, 0.3) is 0 Å². The highest BCUT2D eigenvalue weighted by Crippen LogP contribution is 2.27. The van der Waals surface area contributed by atoms with Crippen molar-refractivity contribution in [2.75, 3.05) is 13.2 Å². The van der Waals surface area contributed by atoms with E-state index in [1.807, 2.05) is 30.3 Å². The maximum absolute atomic E-state index is 14.0. The van der Waals surface area contributed by atoms with E-state index in [1.54, 1.807) is 31.2 Å². The SMILES string of the molecule is CCOC(=O)C(CCCN=C(N)N)NC(=O)[C@@H](NC(=O)[C@@H](Cc1ccc(C(=N)N)cc1)C(=O)NCc1ccccc1)C1CCCCC1.O=C(O)C(F)(F)F. The van der Waals surface area contributed by atoms with Crippen LogP contribution in [0, 0.1) is 17.2 Å². The lowest BCUT2D eigenvalue weighted by Crippen LogP contribution is -2.57. The number of carboxylic acid groups (broad SMARTS) is 1. The number of halogens is 3. The van der Waals surface area contributed by atoms with Crippen molar-refractivity contribution in [2.45, 2.75) is 83.1 Å². The fourth-order valence-electron chi connectivity index (χ4n) is 5.64. The van der Waals surface area contributed by atoms with Gasteiger partial charge in [0.05, 0.1) is 6.61 Å². The number of nitrogens with one attached hydrogen (secondary N) is 4. The molecule has 3 amide bonds. The highest BCUT2D eigenvalue weighted by molar-refractivity contribution is 6.02. The molecule has 1 fully saturated rings. The summed E-state index contributed by atoms with van der Waals surface area (Å²) in [6.45, 7) is 2.30. The van der Waals surface area contributed by atoms with E-state index in [0.717, 1.165) is 24.8 Å². The molecule has 54 heavy (non-hydrogen) atoms. The molecule has 3 rings (SSSR count). The van der Waals surface area contributed by atoms with E-state index in [9.17, 15) is 32.3 Å². The summed E-state index contributed by atoms with van der Waals surface area (Å²) in [5.74, 6) is -6.46. The summed E-state index contributed by atoms with van der Waals surface area (Å²) in [5, 5.41) is 23.4. The van der Waals surface area contributed by atoms with Crippen molar-refractivity contribution in [2.24, 2.45) is 34.0 Å². The van der Waals surface area contributed by atoms with E-state index in [2.05, 4.69) is 20.9 Å². The smallest absolute Gasteiger partial charge is 0.475 e. The van der Waals surface area contributed by atoms with Crippen LogP contribution in [-0.2, 0) is 41.7 Å². The first-order valence-corrected chi connectivity index (χ1v) is 17.4. The Hall–Kier alpha value is -5.68. The van der Waals surface area contributed by atoms with Crippen LogP contribution < -0.4 is 33.2 Å². The van der Waals surface area contributed by atoms with Crippen LogP contribution in [0.15, 0.2) is 59.6 Å². The fraction of sp³-hybridized carbons (Fsp3) is 0.472. The van der Waals surface area contributed by atoms with Gasteiger partial charge in [-0.1, -0.05) is 73.9 Å². The first kappa shape index (κ1) is 44.5. The molecule has 1 aliphatic carbocycles. The summed E-state index contributed by atoms with van der Waals surface area (Å²) in [6, 6.07) is 14.2. The minimum Gasteiger partial charge on any atom is -0.475 e. The van der Waals surface area contributed by atoms with Crippen molar-refractivity contribution in [1.29, 1.82) is 5.41 Å². The Morgan fingerprint density at radius 2 is 1.52 bits per heavy atom. The number of amides is 3. The third-order valence-electron chi connectivity index (χ3n) is 8.42. The third-order valence-corrected chi connectivity index (χ3v) is 8.42. The van der Waals surface area contributed by atoms with Crippen LogP contribution in [0.5, 0.6) is 0 Å². The first-order chi connectivity index (χ1) is 25.5. The van der Waals surface area contributed by atoms with Crippen LogP contribution in [0.2, 0.25) is 0 Å². The number of benzene rings is 2. The monoisotopic (exact) mass is 762 g/mol. The number of nitrogen functional groups attached to an aromatic ring is 1. The molecule has 3 atom stereocenters. The van der Waals surface area contributed by atoms with E-state index in [4.69, 9.17) is 37.2 Å². The number of carboxylic acids is 1. The number of alkyl halides is 3. The number of aliphatic carboxylic acids is 1. The van der Waals surface area contributed by atoms with Gasteiger partial charge in [-0.2, -0.15) is 13.2 Å². The first-order valence-electron chi connectivity index (χ1n) is 17.4. The topological polar surface area (TPSA) is 265 Å². The molecule has 15 nitrogen and oxygen atoms in total. The van der Waals surface area contributed by atoms with Gasteiger partial charge in [0.25, 0.3) is 0 Å². The van der Waals surface area contributed by atoms with Crippen LogP contribution in [0.1, 0.15) is 68.6 Å². The van der Waals surface area contributed by atoms with Gasteiger partial charge in [-0.15, -0.1) is 0 Å². The number of nitrogens with two attached hydrogens (primary N) is 3. The Kier molecular flexibility index (Phi) is 18.5. The lowest BCUT2D eigenvalue weighted by molar-refractivity contribution is -0.192. The van der Waals surface area contributed by atoms with Gasteiger partial charge in [0.2, 0.25) is 17.7 Å². The molecule has 0 radical (unpaired) electrons. The predicted octanol–water partition coefficient (Wildman–Crippen LogP) is 2.25. The molecule has 2 aromatic carbocycles. The normalized spacial score (nSPS) is 14.4. The standard InChI is InChI=1S/C34H48N8O5.C2HF3O2/c1-2-47-33(46)27(14-9-19-39-34(37)38)41-32(45)28(24-12-7-4-8-13-24)42-31(44)26(20-22-15-17-25(18-16-22)29(35)36)30(43)40-21-23-10-5-3-6-11-23;3-2(4,5)1(6)7/h3,5-6,10-11,15-18,24,26-28H,2,4,7-9,12-14,19-21H2,1H3,(H3,35,36)(H,40,43)(H,41,45)(H,42,44)(H4,37,38,39);(H,6,7)/t26-,27?,28-;/m0./s1. The number of amidine groups is 1. The molecule has 2 aromatic rings. The highest BCUT2D eigenvalue weighted by atomic mass is 19.4. The van der Waals surface area contributed by atoms with Crippen LogP contribution >= 0.6 is 0 Å². The lowest BCUT2D eigenvalue weighted by Gasteiger charge is -2.32. The van der Waals surface area contributed by atoms with Gasteiger partial charge in [-0.25, -0.2) is 9.59 Å². The molecule has 0 heterocycles. The van der Waals surface area contributed by atoms with Crippen molar-refractivity contribution < 1.29 is 47.0 Å². The van der Waals surface area contributed by atoms with Crippen molar-refractivity contribution in [1.82, 2.24) is 16.0 Å². The molecule has 11 N–H and O–H groups in total. The third kappa shape index (κ3) is 15.9. The Morgan fingerprint density at radius 3 is 2.06 bits per heavy atom. The Balaban J connectivity index is 0.00000131. The van der Waals surface area contributed by atoms with Gasteiger partial charge < -0.3 is 43.0 Å². The number of aliphatic imine (C=N–C) groups is 1. The summed E-state index contributed by atoms with van der Waals surface area (Å²) >= 11 is 0. The highest BCUT2D eigenvalue weighted by Gasteiger charge is 2.38. The number of rotatable bonds is 17. The van der Waals surface area contributed by atoms with E-state index in [0.29, 0.717) is 30.4 Å². The second-order valence-corrected chi connectivity index (χ2v) is 12.5. The number of esters is 1. The number of carbonyl (C=O) groups is 5. The van der Waals surface area contributed by atoms with Crippen molar-refractivity contribution in [3.05, 3.63) is 71.3 Å². The summed E-state index contributed by atoms with van der Waals surface area (Å²) in [5.41, 5.74) is 18.5. The second kappa shape index (κ2) is 22.4. The van der Waals surface area contributed by atoms with E-state index in [-0.39, 0.29) is 50.3 Å². The zero-order valence-corrected chi connectivity index (χ0v) is 30.0. The van der Waals surface area contributed by atoms with Crippen molar-refractivity contribution >= 4 is 41.5 Å². The Morgan fingerprint density at radius 1 is 0.907 bits per heavy atom. The second-order valence-electron chi connectivity index (χ2n) is 12.5. The summed E-state index contributed by atoms with van der Waals surface area (Å²) in [7, 11) is 0.